The Morgan fingerprint density at radius 1 is 0.657 bits per heavy atom. The summed E-state index contributed by atoms with van der Waals surface area (Å²) in [6, 6.07) is 35.1. The molecule has 35 heavy (non-hydrogen) atoms. The Labute approximate surface area is 207 Å². The zero-order valence-corrected chi connectivity index (χ0v) is 20.6. The molecule has 5 nitrogen and oxygen atoms in total. The first-order chi connectivity index (χ1) is 17.2. The van der Waals surface area contributed by atoms with Gasteiger partial charge < -0.3 is 0 Å². The fraction of sp³-hybridized carbons (Fsp3) is 0.138. The Balaban J connectivity index is 1.47. The Morgan fingerprint density at radius 2 is 1.17 bits per heavy atom. The van der Waals surface area contributed by atoms with E-state index in [0.29, 0.717) is 25.1 Å². The summed E-state index contributed by atoms with van der Waals surface area (Å²) in [5.74, 6) is -0.212. The third-order valence-electron chi connectivity index (χ3n) is 6.18. The Kier molecular flexibility index (Phi) is 8.37. The van der Waals surface area contributed by atoms with Crippen molar-refractivity contribution in [2.75, 3.05) is 19.3 Å². The van der Waals surface area contributed by atoms with E-state index >= 15 is 0 Å². The van der Waals surface area contributed by atoms with Gasteiger partial charge in [-0.15, -0.1) is 0 Å². The first kappa shape index (κ1) is 24.3. The molecule has 0 aliphatic heterocycles. The maximum atomic E-state index is 12.9. The van der Waals surface area contributed by atoms with Gasteiger partial charge in [0.2, 0.25) is 0 Å². The molecule has 1 heterocycles. The van der Waals surface area contributed by atoms with Gasteiger partial charge in [0.15, 0.2) is 0 Å². The van der Waals surface area contributed by atoms with E-state index in [4.69, 9.17) is 0 Å². The fourth-order valence-corrected chi connectivity index (χ4v) is 9.22. The van der Waals surface area contributed by atoms with Crippen molar-refractivity contribution in [1.29, 1.82) is 0 Å². The van der Waals surface area contributed by atoms with E-state index in [1.54, 1.807) is 18.3 Å². The molecule has 4 aromatic rings. The molecule has 2 N–H and O–H groups in total. The van der Waals surface area contributed by atoms with Crippen LogP contribution in [0.4, 0.5) is 0 Å². The molecular weight excluding hydrogens is 453 g/mol. The monoisotopic (exact) mass is 483 g/mol. The molecular formula is C29H30N3O2P. The first-order valence-electron chi connectivity index (χ1n) is 11.8. The van der Waals surface area contributed by atoms with Crippen LogP contribution in [0.5, 0.6) is 0 Å². The molecule has 178 valence electrons. The second-order valence-electron chi connectivity index (χ2n) is 8.35. The molecule has 0 unspecified atom stereocenters. The first-order valence-corrected chi connectivity index (χ1v) is 14.0. The number of hydrogen-bond acceptors (Lipinski definition) is 3. The van der Waals surface area contributed by atoms with Crippen LogP contribution in [0.3, 0.4) is 0 Å². The number of amides is 2. The van der Waals surface area contributed by atoms with Crippen molar-refractivity contribution in [3.05, 3.63) is 121 Å². The van der Waals surface area contributed by atoms with Gasteiger partial charge in [-0.1, -0.05) is 0 Å². The predicted octanol–water partition coefficient (Wildman–Crippen LogP) is 3.04. The molecule has 0 spiro atoms. The van der Waals surface area contributed by atoms with Gasteiger partial charge in [-0.25, -0.2) is 0 Å². The van der Waals surface area contributed by atoms with Crippen molar-refractivity contribution in [2.24, 2.45) is 0 Å². The normalized spacial score (nSPS) is 11.4. The van der Waals surface area contributed by atoms with Crippen LogP contribution in [-0.2, 0) is 4.79 Å². The van der Waals surface area contributed by atoms with Crippen LogP contribution in [0.15, 0.2) is 116 Å². The third-order valence-corrected chi connectivity index (χ3v) is 11.1. The van der Waals surface area contributed by atoms with E-state index in [2.05, 4.69) is 88.4 Å². The number of benzene rings is 3. The Morgan fingerprint density at radius 3 is 1.66 bits per heavy atom. The van der Waals surface area contributed by atoms with Gasteiger partial charge in [0, 0.05) is 0 Å². The number of rotatable bonds is 10. The minimum absolute atomic E-state index is 0.0136. The summed E-state index contributed by atoms with van der Waals surface area (Å²) in [6.07, 6.45) is 4.30. The molecule has 0 fully saturated rings. The second kappa shape index (κ2) is 12.0. The van der Waals surface area contributed by atoms with E-state index in [1.807, 2.05) is 18.2 Å². The molecule has 0 radical (unpaired) electrons. The number of aromatic nitrogens is 1. The molecule has 0 aliphatic carbocycles. The Hall–Kier alpha value is -3.82. The third kappa shape index (κ3) is 6.00. The quantitative estimate of drug-likeness (QED) is 0.269. The average molecular weight is 484 g/mol. The van der Waals surface area contributed by atoms with Crippen LogP contribution < -0.4 is 26.5 Å². The van der Waals surface area contributed by atoms with Crippen LogP contribution in [0, 0.1) is 0 Å². The summed E-state index contributed by atoms with van der Waals surface area (Å²) in [5, 5.41) is 9.65. The standard InChI is InChI=1S/C29H30N3O2P/c33-28(31-20-21-32-29(34)24-11-10-19-30-23-24)18-22-35(25-12-4-1-5-13-25,26-14-6-2-7-15-26)27-16-8-3-9-17-27/h1-17,19,23,35H,18,20-22H2,(H,31,33)(H,32,34). The van der Waals surface area contributed by atoms with E-state index < -0.39 is 7.26 Å². The molecule has 0 aliphatic rings. The van der Waals surface area contributed by atoms with Crippen LogP contribution in [0.2, 0.25) is 0 Å². The number of pyridine rings is 1. The van der Waals surface area contributed by atoms with Crippen molar-refractivity contribution in [1.82, 2.24) is 15.6 Å². The molecule has 0 saturated heterocycles. The summed E-state index contributed by atoms with van der Waals surface area (Å²) < 4.78 is 0. The van der Waals surface area contributed by atoms with Gasteiger partial charge in [-0.05, 0) is 0 Å². The molecule has 2 amide bonds. The van der Waals surface area contributed by atoms with Crippen molar-refractivity contribution in [2.45, 2.75) is 6.42 Å². The van der Waals surface area contributed by atoms with Crippen LogP contribution in [0.1, 0.15) is 16.8 Å². The second-order valence-corrected chi connectivity index (χ2v) is 12.4. The van der Waals surface area contributed by atoms with Gasteiger partial charge in [-0.2, -0.15) is 0 Å². The summed E-state index contributed by atoms with van der Waals surface area (Å²) in [7, 11) is -2.43. The van der Waals surface area contributed by atoms with Crippen LogP contribution in [0.25, 0.3) is 0 Å². The number of nitrogens with one attached hydrogen (secondary N) is 2. The van der Waals surface area contributed by atoms with Crippen molar-refractivity contribution < 1.29 is 9.59 Å². The topological polar surface area (TPSA) is 71.1 Å². The molecule has 6 heteroatoms. The van der Waals surface area contributed by atoms with E-state index in [9.17, 15) is 9.59 Å². The molecule has 0 bridgehead atoms. The van der Waals surface area contributed by atoms with Gasteiger partial charge in [0.1, 0.15) is 0 Å². The summed E-state index contributed by atoms with van der Waals surface area (Å²) in [6.45, 7) is 0.736. The Bertz CT molecular complexity index is 1120. The van der Waals surface area contributed by atoms with Crippen molar-refractivity contribution >= 4 is 35.0 Å². The number of carbonyl (C=O) groups excluding carboxylic acids is 2. The van der Waals surface area contributed by atoms with Crippen molar-refractivity contribution in [3.8, 4) is 0 Å². The van der Waals surface area contributed by atoms with Crippen LogP contribution >= 0.6 is 7.26 Å². The summed E-state index contributed by atoms with van der Waals surface area (Å²) in [5.41, 5.74) is 0.503. The summed E-state index contributed by atoms with van der Waals surface area (Å²) in [4.78, 5) is 29.0. The van der Waals surface area contributed by atoms with Gasteiger partial charge in [0.05, 0.1) is 0 Å². The van der Waals surface area contributed by atoms with E-state index in [-0.39, 0.29) is 11.8 Å². The molecule has 0 atom stereocenters. The summed E-state index contributed by atoms with van der Waals surface area (Å²) >= 11 is 0. The number of carbonyl (C=O) groups is 2. The predicted molar refractivity (Wildman–Crippen MR) is 146 cm³/mol. The SMILES string of the molecule is O=C(CC[PH](c1ccccc1)(c1ccccc1)c1ccccc1)NCCNC(=O)c1cccnc1. The zero-order valence-electron chi connectivity index (χ0n) is 19.6. The number of hydrogen-bond donors (Lipinski definition) is 2. The average Bonchev–Trinajstić information content (AvgIpc) is 2.93. The maximum absolute atomic E-state index is 12.9. The van der Waals surface area contributed by atoms with Gasteiger partial charge in [-0.3, -0.25) is 0 Å². The van der Waals surface area contributed by atoms with Crippen molar-refractivity contribution in [3.63, 3.8) is 0 Å². The van der Waals surface area contributed by atoms with Gasteiger partial charge >= 0.3 is 207 Å². The van der Waals surface area contributed by atoms with Crippen LogP contribution in [-0.4, -0.2) is 36.0 Å². The minimum atomic E-state index is -2.43. The van der Waals surface area contributed by atoms with Gasteiger partial charge in [0.25, 0.3) is 0 Å². The molecule has 1 aromatic heterocycles. The molecule has 4 rings (SSSR count). The fourth-order valence-electron chi connectivity index (χ4n) is 4.47. The van der Waals surface area contributed by atoms with E-state index in [1.165, 1.54) is 22.1 Å². The number of nitrogens with zero attached hydrogens (tertiary/aromatic N) is 1. The zero-order chi connectivity index (χ0) is 24.3. The molecule has 0 saturated carbocycles. The van der Waals surface area contributed by atoms with E-state index in [0.717, 1.165) is 6.16 Å². The molecule has 3 aromatic carbocycles.